The fraction of sp³-hybridized carbons (Fsp3) is 0.571. The van der Waals surface area contributed by atoms with E-state index >= 15 is 0 Å². The molecule has 0 saturated carbocycles. The van der Waals surface area contributed by atoms with Crippen LogP contribution in [0.1, 0.15) is 6.42 Å². The van der Waals surface area contributed by atoms with Crippen LogP contribution in [0.5, 0.6) is 0 Å². The first kappa shape index (κ1) is 21.6. The number of nitrogens with one attached hydrogen (secondary N) is 1. The van der Waals surface area contributed by atoms with Gasteiger partial charge in [0.05, 0.1) is 23.8 Å². The molecular weight excluding hydrogens is 406 g/mol. The first-order valence-corrected chi connectivity index (χ1v) is 10.7. The summed E-state index contributed by atoms with van der Waals surface area (Å²) in [5.41, 5.74) is 1.08. The highest BCUT2D eigenvalue weighted by molar-refractivity contribution is 5.81. The van der Waals surface area contributed by atoms with E-state index < -0.39 is 18.5 Å². The van der Waals surface area contributed by atoms with Crippen LogP contribution in [0.25, 0.3) is 10.9 Å². The smallest absolute Gasteiger partial charge is 0.261 e. The number of aromatic nitrogens is 2. The molecule has 8 nitrogen and oxygen atoms in total. The van der Waals surface area contributed by atoms with Crippen molar-refractivity contribution in [1.82, 2.24) is 24.7 Å². The normalized spacial score (nSPS) is 19.1. The minimum atomic E-state index is -2.59. The topological polar surface area (TPSA) is 73.7 Å². The molecule has 4 rings (SSSR count). The van der Waals surface area contributed by atoms with Crippen molar-refractivity contribution in [2.75, 3.05) is 63.8 Å². The van der Waals surface area contributed by atoms with Crippen LogP contribution in [0.2, 0.25) is 0 Å². The summed E-state index contributed by atoms with van der Waals surface area (Å²) < 4.78 is 26.2. The average Bonchev–Trinajstić information content (AvgIpc) is 2.98. The summed E-state index contributed by atoms with van der Waals surface area (Å²) >= 11 is 0. The molecule has 1 N–H and O–H groups in total. The van der Waals surface area contributed by atoms with Gasteiger partial charge in [0.15, 0.2) is 0 Å². The minimum Gasteiger partial charge on any atom is -0.369 e. The van der Waals surface area contributed by atoms with E-state index in [1.165, 1.54) is 6.33 Å². The quantitative estimate of drug-likeness (QED) is 0.718. The van der Waals surface area contributed by atoms with Gasteiger partial charge in [-0.25, -0.2) is 13.8 Å². The summed E-state index contributed by atoms with van der Waals surface area (Å²) in [5, 5.41) is 3.26. The van der Waals surface area contributed by atoms with Gasteiger partial charge in [-0.05, 0) is 18.2 Å². The molecule has 0 radical (unpaired) electrons. The van der Waals surface area contributed by atoms with E-state index in [9.17, 15) is 18.4 Å². The van der Waals surface area contributed by atoms with Crippen molar-refractivity contribution < 1.29 is 13.6 Å². The van der Waals surface area contributed by atoms with Gasteiger partial charge in [-0.3, -0.25) is 24.0 Å². The summed E-state index contributed by atoms with van der Waals surface area (Å²) in [7, 11) is 0. The number of anilines is 1. The molecule has 2 aliphatic heterocycles. The second kappa shape index (κ2) is 9.69. The number of hydrogen-bond donors (Lipinski definition) is 1. The van der Waals surface area contributed by atoms with Crippen molar-refractivity contribution in [2.24, 2.45) is 0 Å². The van der Waals surface area contributed by atoms with E-state index in [1.54, 1.807) is 6.07 Å². The summed E-state index contributed by atoms with van der Waals surface area (Å²) in [5.74, 6) is 0.133. The summed E-state index contributed by atoms with van der Waals surface area (Å²) in [6.07, 6.45) is -0.826. The molecule has 2 saturated heterocycles. The molecule has 0 atom stereocenters. The zero-order valence-electron chi connectivity index (χ0n) is 17.5. The second-order valence-corrected chi connectivity index (χ2v) is 8.06. The Labute approximate surface area is 179 Å². The standard InChI is InChI=1S/C21H28F2N6O2/c22-19(23)14-29-15-25-18-13-16(1-2-17(18)21(29)31)28-11-9-27(10-12-28)8-7-26-5-3-20(30)24-4-6-26/h1-2,13,15,19H,3-12,14H2,(H,24,30). The van der Waals surface area contributed by atoms with E-state index in [-0.39, 0.29) is 5.91 Å². The lowest BCUT2D eigenvalue weighted by molar-refractivity contribution is -0.120. The molecule has 0 aliphatic carbocycles. The third kappa shape index (κ3) is 5.37. The number of benzene rings is 1. The summed E-state index contributed by atoms with van der Waals surface area (Å²) in [4.78, 5) is 35.1. The zero-order valence-corrected chi connectivity index (χ0v) is 17.5. The largest absolute Gasteiger partial charge is 0.369 e. The first-order chi connectivity index (χ1) is 15.0. The number of fused-ring (bicyclic) bond motifs is 1. The highest BCUT2D eigenvalue weighted by Crippen LogP contribution is 2.20. The molecule has 168 valence electrons. The Hall–Kier alpha value is -2.59. The molecule has 3 heterocycles. The molecule has 1 aromatic carbocycles. The zero-order chi connectivity index (χ0) is 21.8. The lowest BCUT2D eigenvalue weighted by Crippen LogP contribution is -2.48. The van der Waals surface area contributed by atoms with Crippen molar-refractivity contribution in [3.05, 3.63) is 34.9 Å². The fourth-order valence-corrected chi connectivity index (χ4v) is 4.17. The van der Waals surface area contributed by atoms with Gasteiger partial charge in [-0.1, -0.05) is 0 Å². The predicted octanol–water partition coefficient (Wildman–Crippen LogP) is 0.606. The maximum absolute atomic E-state index is 12.6. The van der Waals surface area contributed by atoms with Crippen LogP contribution in [0.15, 0.2) is 29.3 Å². The van der Waals surface area contributed by atoms with E-state index in [0.717, 1.165) is 69.2 Å². The van der Waals surface area contributed by atoms with Gasteiger partial charge in [-0.15, -0.1) is 0 Å². The van der Waals surface area contributed by atoms with Crippen molar-refractivity contribution in [1.29, 1.82) is 0 Å². The number of rotatable bonds is 6. The van der Waals surface area contributed by atoms with Crippen LogP contribution in [-0.2, 0) is 11.3 Å². The van der Waals surface area contributed by atoms with Crippen LogP contribution < -0.4 is 15.8 Å². The lowest BCUT2D eigenvalue weighted by Gasteiger charge is -2.37. The number of piperazine rings is 1. The van der Waals surface area contributed by atoms with Crippen LogP contribution in [0, 0.1) is 0 Å². The van der Waals surface area contributed by atoms with Crippen LogP contribution >= 0.6 is 0 Å². The molecule has 2 aliphatic rings. The average molecular weight is 434 g/mol. The number of carbonyl (C=O) groups excluding carboxylic acids is 1. The van der Waals surface area contributed by atoms with Gasteiger partial charge in [-0.2, -0.15) is 0 Å². The first-order valence-electron chi connectivity index (χ1n) is 10.7. The molecule has 0 unspecified atom stereocenters. The predicted molar refractivity (Wildman–Crippen MR) is 115 cm³/mol. The number of hydrogen-bond acceptors (Lipinski definition) is 6. The molecule has 0 spiro atoms. The minimum absolute atomic E-state index is 0.133. The maximum Gasteiger partial charge on any atom is 0.261 e. The highest BCUT2D eigenvalue weighted by atomic mass is 19.3. The summed E-state index contributed by atoms with van der Waals surface area (Å²) in [6, 6.07) is 5.42. The number of nitrogens with zero attached hydrogens (tertiary/aromatic N) is 5. The van der Waals surface area contributed by atoms with Crippen LogP contribution in [-0.4, -0.2) is 90.6 Å². The molecule has 1 amide bonds. The van der Waals surface area contributed by atoms with Gasteiger partial charge in [0.25, 0.3) is 12.0 Å². The van der Waals surface area contributed by atoms with Gasteiger partial charge in [0.1, 0.15) is 0 Å². The molecular formula is C21H28F2N6O2. The van der Waals surface area contributed by atoms with Crippen LogP contribution in [0.4, 0.5) is 14.5 Å². The highest BCUT2D eigenvalue weighted by Gasteiger charge is 2.20. The molecule has 10 heteroatoms. The van der Waals surface area contributed by atoms with Gasteiger partial charge in [0, 0.05) is 71.0 Å². The van der Waals surface area contributed by atoms with Gasteiger partial charge >= 0.3 is 0 Å². The number of halogens is 2. The molecule has 0 bridgehead atoms. The van der Waals surface area contributed by atoms with Crippen molar-refractivity contribution >= 4 is 22.5 Å². The Morgan fingerprint density at radius 1 is 1.00 bits per heavy atom. The Balaban J connectivity index is 1.33. The number of amides is 1. The van der Waals surface area contributed by atoms with Gasteiger partial charge in [0.2, 0.25) is 5.91 Å². The SMILES string of the molecule is O=C1CCN(CCN2CCN(c3ccc4c(=O)n(CC(F)F)cnc4c3)CC2)CCN1. The third-order valence-electron chi connectivity index (χ3n) is 6.02. The Kier molecular flexibility index (Phi) is 6.77. The fourth-order valence-electron chi connectivity index (χ4n) is 4.17. The van der Waals surface area contributed by atoms with Crippen molar-refractivity contribution in [3.63, 3.8) is 0 Å². The summed E-state index contributed by atoms with van der Waals surface area (Å²) in [6.45, 7) is 7.33. The monoisotopic (exact) mass is 434 g/mol. The molecule has 1 aromatic heterocycles. The van der Waals surface area contributed by atoms with E-state index in [4.69, 9.17) is 0 Å². The molecule has 2 fully saturated rings. The lowest BCUT2D eigenvalue weighted by atomic mass is 10.2. The molecule has 2 aromatic rings. The second-order valence-electron chi connectivity index (χ2n) is 8.06. The van der Waals surface area contributed by atoms with E-state index in [2.05, 4.69) is 25.0 Å². The van der Waals surface area contributed by atoms with E-state index in [1.807, 2.05) is 12.1 Å². The Bertz CT molecular complexity index is 974. The third-order valence-corrected chi connectivity index (χ3v) is 6.02. The van der Waals surface area contributed by atoms with Gasteiger partial charge < -0.3 is 10.2 Å². The van der Waals surface area contributed by atoms with Crippen LogP contribution in [0.3, 0.4) is 0 Å². The number of carbonyl (C=O) groups is 1. The van der Waals surface area contributed by atoms with Crippen molar-refractivity contribution in [2.45, 2.75) is 19.4 Å². The van der Waals surface area contributed by atoms with E-state index in [0.29, 0.717) is 17.3 Å². The number of alkyl halides is 2. The Morgan fingerprint density at radius 3 is 2.48 bits per heavy atom. The van der Waals surface area contributed by atoms with Crippen molar-refractivity contribution in [3.8, 4) is 0 Å². The maximum atomic E-state index is 12.6. The molecule has 31 heavy (non-hydrogen) atoms. The Morgan fingerprint density at radius 2 is 1.74 bits per heavy atom.